The first-order valence-electron chi connectivity index (χ1n) is 3.75. The van der Waals surface area contributed by atoms with Gasteiger partial charge in [0.05, 0.1) is 19.8 Å². The lowest BCUT2D eigenvalue weighted by molar-refractivity contribution is 0.263. The van der Waals surface area contributed by atoms with Crippen LogP contribution < -0.4 is 10.5 Å². The monoisotopic (exact) mass is 294 g/mol. The van der Waals surface area contributed by atoms with E-state index in [1.54, 1.807) is 6.20 Å². The summed E-state index contributed by atoms with van der Waals surface area (Å²) in [5.41, 5.74) is 6.45. The number of hydrogen-bond acceptors (Lipinski definition) is 4. The second kappa shape index (κ2) is 4.73. The minimum absolute atomic E-state index is 0.113. The molecule has 0 spiro atoms. The summed E-state index contributed by atoms with van der Waals surface area (Å²) in [7, 11) is 1.53. The molecule has 1 aromatic rings. The van der Waals surface area contributed by atoms with Crippen LogP contribution in [0.5, 0.6) is 5.88 Å². The fourth-order valence-electron chi connectivity index (χ4n) is 1.02. The van der Waals surface area contributed by atoms with Gasteiger partial charge >= 0.3 is 0 Å². The van der Waals surface area contributed by atoms with Crippen LogP contribution in [-0.2, 0) is 0 Å². The molecule has 0 aliphatic heterocycles. The van der Waals surface area contributed by atoms with E-state index in [4.69, 9.17) is 15.6 Å². The first-order valence-corrected chi connectivity index (χ1v) is 4.83. The number of aliphatic hydroxyl groups excluding tert-OH is 1. The number of halogens is 1. The van der Waals surface area contributed by atoms with Gasteiger partial charge in [0.1, 0.15) is 0 Å². The first-order chi connectivity index (χ1) is 6.20. The second-order valence-electron chi connectivity index (χ2n) is 2.50. The average Bonchev–Trinajstić information content (AvgIpc) is 2.16. The van der Waals surface area contributed by atoms with Crippen molar-refractivity contribution >= 4 is 22.6 Å². The van der Waals surface area contributed by atoms with Gasteiger partial charge in [0, 0.05) is 15.3 Å². The molecule has 0 saturated heterocycles. The summed E-state index contributed by atoms with van der Waals surface area (Å²) in [5, 5.41) is 8.92. The number of pyridine rings is 1. The third kappa shape index (κ3) is 2.29. The molecule has 0 radical (unpaired) electrons. The van der Waals surface area contributed by atoms with Crippen LogP contribution in [0.3, 0.4) is 0 Å². The van der Waals surface area contributed by atoms with Gasteiger partial charge in [-0.05, 0) is 28.7 Å². The van der Waals surface area contributed by atoms with Gasteiger partial charge in [-0.1, -0.05) is 0 Å². The Morgan fingerprint density at radius 3 is 3.00 bits per heavy atom. The largest absolute Gasteiger partial charge is 0.481 e. The molecule has 1 atom stereocenters. The van der Waals surface area contributed by atoms with E-state index in [1.807, 2.05) is 6.07 Å². The van der Waals surface area contributed by atoms with Crippen LogP contribution >= 0.6 is 22.6 Å². The smallest absolute Gasteiger partial charge is 0.218 e. The van der Waals surface area contributed by atoms with E-state index in [1.165, 1.54) is 7.11 Å². The number of aromatic nitrogens is 1. The number of nitrogens with two attached hydrogens (primary N) is 1. The van der Waals surface area contributed by atoms with Gasteiger partial charge in [-0.3, -0.25) is 0 Å². The van der Waals surface area contributed by atoms with E-state index in [0.717, 1.165) is 9.13 Å². The van der Waals surface area contributed by atoms with Gasteiger partial charge in [-0.2, -0.15) is 0 Å². The molecule has 5 heteroatoms. The molecule has 0 amide bonds. The molecule has 13 heavy (non-hydrogen) atoms. The maximum absolute atomic E-state index is 8.92. The summed E-state index contributed by atoms with van der Waals surface area (Å²) in [6.07, 6.45) is 1.65. The highest BCUT2D eigenvalue weighted by atomic mass is 127. The van der Waals surface area contributed by atoms with Crippen LogP contribution in [-0.4, -0.2) is 23.8 Å². The maximum atomic E-state index is 8.92. The van der Waals surface area contributed by atoms with Crippen LogP contribution in [0.25, 0.3) is 0 Å². The van der Waals surface area contributed by atoms with E-state index < -0.39 is 6.04 Å². The number of rotatable bonds is 3. The van der Waals surface area contributed by atoms with Crippen molar-refractivity contribution in [3.8, 4) is 5.88 Å². The Balaban J connectivity index is 3.14. The van der Waals surface area contributed by atoms with Crippen LogP contribution in [0.4, 0.5) is 0 Å². The van der Waals surface area contributed by atoms with Crippen molar-refractivity contribution in [2.45, 2.75) is 6.04 Å². The molecule has 0 aromatic carbocycles. The van der Waals surface area contributed by atoms with Crippen molar-refractivity contribution in [2.24, 2.45) is 5.73 Å². The molecule has 1 heterocycles. The van der Waals surface area contributed by atoms with Gasteiger partial charge in [-0.15, -0.1) is 0 Å². The average molecular weight is 294 g/mol. The van der Waals surface area contributed by atoms with Crippen LogP contribution in [0.15, 0.2) is 12.3 Å². The molecule has 72 valence electrons. The number of ether oxygens (including phenoxy) is 1. The van der Waals surface area contributed by atoms with Crippen molar-refractivity contribution in [1.82, 2.24) is 4.98 Å². The van der Waals surface area contributed by atoms with Crippen molar-refractivity contribution in [1.29, 1.82) is 0 Å². The number of hydrogen-bond donors (Lipinski definition) is 2. The van der Waals surface area contributed by atoms with E-state index >= 15 is 0 Å². The molecule has 3 N–H and O–H groups in total. The van der Waals surface area contributed by atoms with E-state index in [9.17, 15) is 0 Å². The third-order valence-corrected chi connectivity index (χ3v) is 2.60. The summed E-state index contributed by atoms with van der Waals surface area (Å²) in [5.74, 6) is 0.480. The summed E-state index contributed by atoms with van der Waals surface area (Å²) < 4.78 is 5.99. The van der Waals surface area contributed by atoms with Crippen molar-refractivity contribution < 1.29 is 9.84 Å². The van der Waals surface area contributed by atoms with Crippen molar-refractivity contribution in [3.63, 3.8) is 0 Å². The number of methoxy groups -OCH3 is 1. The lowest BCUT2D eigenvalue weighted by Crippen LogP contribution is -2.17. The molecule has 4 nitrogen and oxygen atoms in total. The SMILES string of the molecule is COc1nccc(I)c1C(N)CO. The van der Waals surface area contributed by atoms with Gasteiger partial charge in [0.25, 0.3) is 0 Å². The van der Waals surface area contributed by atoms with Gasteiger partial charge < -0.3 is 15.6 Å². The van der Waals surface area contributed by atoms with Crippen molar-refractivity contribution in [2.75, 3.05) is 13.7 Å². The lowest BCUT2D eigenvalue weighted by Gasteiger charge is -2.13. The molecule has 1 rings (SSSR count). The molecule has 0 aliphatic rings. The minimum Gasteiger partial charge on any atom is -0.481 e. The number of aliphatic hydroxyl groups is 1. The van der Waals surface area contributed by atoms with Gasteiger partial charge in [0.2, 0.25) is 5.88 Å². The Kier molecular flexibility index (Phi) is 3.89. The first kappa shape index (κ1) is 10.7. The second-order valence-corrected chi connectivity index (χ2v) is 3.67. The van der Waals surface area contributed by atoms with E-state index in [2.05, 4.69) is 27.6 Å². The summed E-state index contributed by atoms with van der Waals surface area (Å²) in [6.45, 7) is -0.113. The lowest BCUT2D eigenvalue weighted by atomic mass is 10.1. The van der Waals surface area contributed by atoms with Gasteiger partial charge in [-0.25, -0.2) is 4.98 Å². The Labute approximate surface area is 90.3 Å². The predicted molar refractivity (Wildman–Crippen MR) is 57.5 cm³/mol. The zero-order valence-corrected chi connectivity index (χ0v) is 9.35. The standard InChI is InChI=1S/C8H11IN2O2/c1-13-8-7(6(10)4-12)5(9)2-3-11-8/h2-3,6,12H,4,10H2,1H3. The maximum Gasteiger partial charge on any atom is 0.218 e. The molecule has 1 unspecified atom stereocenters. The molecular formula is C8H11IN2O2. The van der Waals surface area contributed by atoms with Crippen LogP contribution in [0.2, 0.25) is 0 Å². The van der Waals surface area contributed by atoms with Crippen molar-refractivity contribution in [3.05, 3.63) is 21.4 Å². The summed E-state index contributed by atoms with van der Waals surface area (Å²) in [6, 6.07) is 1.39. The molecule has 1 aromatic heterocycles. The van der Waals surface area contributed by atoms with Crippen LogP contribution in [0.1, 0.15) is 11.6 Å². The fraction of sp³-hybridized carbons (Fsp3) is 0.375. The zero-order valence-electron chi connectivity index (χ0n) is 7.20. The Bertz CT molecular complexity index is 293. The highest BCUT2D eigenvalue weighted by Gasteiger charge is 2.15. The minimum atomic E-state index is -0.435. The Morgan fingerprint density at radius 1 is 1.77 bits per heavy atom. The Morgan fingerprint density at radius 2 is 2.46 bits per heavy atom. The van der Waals surface area contributed by atoms with E-state index in [0.29, 0.717) is 5.88 Å². The molecule has 0 aliphatic carbocycles. The van der Waals surface area contributed by atoms with Crippen LogP contribution in [0, 0.1) is 3.57 Å². The highest BCUT2D eigenvalue weighted by molar-refractivity contribution is 14.1. The quantitative estimate of drug-likeness (QED) is 0.805. The molecule has 0 saturated carbocycles. The Hall–Kier alpha value is -0.400. The predicted octanol–water partition coefficient (Wildman–Crippen LogP) is 0.687. The van der Waals surface area contributed by atoms with E-state index in [-0.39, 0.29) is 6.61 Å². The molecular weight excluding hydrogens is 283 g/mol. The number of nitrogens with zero attached hydrogens (tertiary/aromatic N) is 1. The normalized spacial score (nSPS) is 12.6. The van der Waals surface area contributed by atoms with Gasteiger partial charge in [0.15, 0.2) is 0 Å². The summed E-state index contributed by atoms with van der Waals surface area (Å²) in [4.78, 5) is 4.01. The third-order valence-electron chi connectivity index (χ3n) is 1.66. The fourth-order valence-corrected chi connectivity index (χ4v) is 1.81. The highest BCUT2D eigenvalue weighted by Crippen LogP contribution is 2.25. The molecule has 0 bridgehead atoms. The molecule has 0 fully saturated rings. The topological polar surface area (TPSA) is 68.4 Å². The summed E-state index contributed by atoms with van der Waals surface area (Å²) >= 11 is 2.14. The zero-order chi connectivity index (χ0) is 9.84.